The van der Waals surface area contributed by atoms with E-state index in [1.807, 2.05) is 20.8 Å². The van der Waals surface area contributed by atoms with E-state index in [-0.39, 0.29) is 5.69 Å². The number of nitrogens with zero attached hydrogens (tertiary/aromatic N) is 1. The fourth-order valence-electron chi connectivity index (χ4n) is 0.672. The van der Waals surface area contributed by atoms with Crippen molar-refractivity contribution in [1.82, 2.24) is 4.98 Å². The van der Waals surface area contributed by atoms with Crippen LogP contribution in [0.25, 0.3) is 0 Å². The lowest BCUT2D eigenvalue weighted by Crippen LogP contribution is -2.01. The highest BCUT2D eigenvalue weighted by Crippen LogP contribution is 2.03. The lowest BCUT2D eigenvalue weighted by Gasteiger charge is -1.89. The van der Waals surface area contributed by atoms with Crippen molar-refractivity contribution in [3.05, 3.63) is 17.8 Å². The van der Waals surface area contributed by atoms with Gasteiger partial charge in [0, 0.05) is 6.42 Å². The largest absolute Gasteiger partial charge is 0.464 e. The molecule has 0 aliphatic heterocycles. The first-order valence-corrected chi connectivity index (χ1v) is 4.30. The molecule has 1 heterocycles. The van der Waals surface area contributed by atoms with E-state index in [0.717, 1.165) is 0 Å². The summed E-state index contributed by atoms with van der Waals surface area (Å²) < 4.78 is 9.36. The van der Waals surface area contributed by atoms with Gasteiger partial charge in [0.05, 0.1) is 7.11 Å². The average Bonchev–Trinajstić information content (AvgIpc) is 2.68. The molecular weight excluding hydrogens is 170 g/mol. The highest BCUT2D eigenvalue weighted by atomic mass is 16.5. The molecule has 1 aromatic rings. The van der Waals surface area contributed by atoms with Gasteiger partial charge >= 0.3 is 5.97 Å². The highest BCUT2D eigenvalue weighted by molar-refractivity contribution is 5.86. The van der Waals surface area contributed by atoms with Crippen LogP contribution in [0, 0.1) is 0 Å². The number of ether oxygens (including phenoxy) is 1. The molecule has 13 heavy (non-hydrogen) atoms. The van der Waals surface area contributed by atoms with Crippen LogP contribution in [0.15, 0.2) is 10.7 Å². The van der Waals surface area contributed by atoms with Crippen molar-refractivity contribution in [2.24, 2.45) is 0 Å². The van der Waals surface area contributed by atoms with Gasteiger partial charge in [-0.2, -0.15) is 0 Å². The zero-order chi connectivity index (χ0) is 10.3. The monoisotopic (exact) mass is 185 g/mol. The van der Waals surface area contributed by atoms with Gasteiger partial charge in [0.1, 0.15) is 6.26 Å². The molecule has 0 radical (unpaired) electrons. The third-order valence-corrected chi connectivity index (χ3v) is 1.25. The maximum atomic E-state index is 10.8. The van der Waals surface area contributed by atoms with E-state index in [1.165, 1.54) is 13.4 Å². The SMILES string of the molecule is CC.CCc1nc(C(=O)OC)co1. The van der Waals surface area contributed by atoms with Crippen LogP contribution in [0.2, 0.25) is 0 Å². The van der Waals surface area contributed by atoms with Gasteiger partial charge in [-0.25, -0.2) is 9.78 Å². The van der Waals surface area contributed by atoms with E-state index >= 15 is 0 Å². The summed E-state index contributed by atoms with van der Waals surface area (Å²) in [5.41, 5.74) is 0.226. The van der Waals surface area contributed by atoms with E-state index in [0.29, 0.717) is 12.3 Å². The maximum absolute atomic E-state index is 10.8. The van der Waals surface area contributed by atoms with Gasteiger partial charge in [0.2, 0.25) is 0 Å². The molecule has 0 spiro atoms. The molecule has 0 saturated carbocycles. The minimum absolute atomic E-state index is 0.226. The van der Waals surface area contributed by atoms with Gasteiger partial charge in [-0.1, -0.05) is 20.8 Å². The predicted molar refractivity (Wildman–Crippen MR) is 48.6 cm³/mol. The van der Waals surface area contributed by atoms with Crippen LogP contribution < -0.4 is 0 Å². The van der Waals surface area contributed by atoms with Crippen LogP contribution in [-0.2, 0) is 11.2 Å². The number of rotatable bonds is 2. The Hall–Kier alpha value is -1.32. The molecule has 4 heteroatoms. The Morgan fingerprint density at radius 3 is 2.62 bits per heavy atom. The van der Waals surface area contributed by atoms with Gasteiger partial charge in [-0.3, -0.25) is 0 Å². The Morgan fingerprint density at radius 1 is 1.62 bits per heavy atom. The smallest absolute Gasteiger partial charge is 0.360 e. The molecule has 0 aromatic carbocycles. The predicted octanol–water partition coefficient (Wildman–Crippen LogP) is 2.05. The molecule has 1 aromatic heterocycles. The summed E-state index contributed by atoms with van der Waals surface area (Å²) >= 11 is 0. The fourth-order valence-corrected chi connectivity index (χ4v) is 0.672. The van der Waals surface area contributed by atoms with Crippen molar-refractivity contribution in [1.29, 1.82) is 0 Å². The number of carbonyl (C=O) groups is 1. The summed E-state index contributed by atoms with van der Waals surface area (Å²) in [5.74, 6) is 0.0823. The number of hydrogen-bond acceptors (Lipinski definition) is 4. The average molecular weight is 185 g/mol. The van der Waals surface area contributed by atoms with Gasteiger partial charge < -0.3 is 9.15 Å². The van der Waals surface area contributed by atoms with Gasteiger partial charge in [0.25, 0.3) is 0 Å². The highest BCUT2D eigenvalue weighted by Gasteiger charge is 2.10. The summed E-state index contributed by atoms with van der Waals surface area (Å²) in [4.78, 5) is 14.7. The van der Waals surface area contributed by atoms with Crippen LogP contribution >= 0.6 is 0 Å². The summed E-state index contributed by atoms with van der Waals surface area (Å²) in [6, 6.07) is 0. The summed E-state index contributed by atoms with van der Waals surface area (Å²) in [6.07, 6.45) is 1.97. The molecule has 0 N–H and O–H groups in total. The Bertz CT molecular complexity index is 255. The third kappa shape index (κ3) is 3.27. The van der Waals surface area contributed by atoms with E-state index in [1.54, 1.807) is 0 Å². The van der Waals surface area contributed by atoms with Crippen LogP contribution in [-0.4, -0.2) is 18.1 Å². The van der Waals surface area contributed by atoms with Crippen LogP contribution in [0.5, 0.6) is 0 Å². The minimum Gasteiger partial charge on any atom is -0.464 e. The lowest BCUT2D eigenvalue weighted by atomic mass is 10.5. The molecule has 4 nitrogen and oxygen atoms in total. The van der Waals surface area contributed by atoms with Gasteiger partial charge in [-0.05, 0) is 0 Å². The Morgan fingerprint density at radius 2 is 2.23 bits per heavy atom. The fraction of sp³-hybridized carbons (Fsp3) is 0.556. The Balaban J connectivity index is 0.000000671. The van der Waals surface area contributed by atoms with Crippen molar-refractivity contribution < 1.29 is 13.9 Å². The van der Waals surface area contributed by atoms with Crippen LogP contribution in [0.4, 0.5) is 0 Å². The number of carbonyl (C=O) groups excluding carboxylic acids is 1. The minimum atomic E-state index is -0.464. The quantitative estimate of drug-likeness (QED) is 0.662. The molecule has 1 rings (SSSR count). The molecule has 74 valence electrons. The number of aromatic nitrogens is 1. The van der Waals surface area contributed by atoms with E-state index < -0.39 is 5.97 Å². The number of hydrogen-bond donors (Lipinski definition) is 0. The second kappa shape index (κ2) is 6.22. The summed E-state index contributed by atoms with van der Waals surface area (Å²) in [5, 5.41) is 0. The van der Waals surface area contributed by atoms with Crippen molar-refractivity contribution in [2.75, 3.05) is 7.11 Å². The third-order valence-electron chi connectivity index (χ3n) is 1.25. The molecule has 0 aliphatic rings. The molecular formula is C9H15NO3. The number of esters is 1. The molecule has 0 fully saturated rings. The van der Waals surface area contributed by atoms with Crippen molar-refractivity contribution >= 4 is 5.97 Å². The first-order chi connectivity index (χ1) is 6.27. The standard InChI is InChI=1S/C7H9NO3.C2H6/c1-3-6-8-5(4-11-6)7(9)10-2;1-2/h4H,3H2,1-2H3;1-2H3. The van der Waals surface area contributed by atoms with Crippen LogP contribution in [0.3, 0.4) is 0 Å². The zero-order valence-corrected chi connectivity index (χ0v) is 8.46. The second-order valence-corrected chi connectivity index (χ2v) is 1.97. The van der Waals surface area contributed by atoms with Gasteiger partial charge in [0.15, 0.2) is 11.6 Å². The van der Waals surface area contributed by atoms with E-state index in [9.17, 15) is 4.79 Å². The maximum Gasteiger partial charge on any atom is 0.360 e. The molecule has 0 bridgehead atoms. The number of oxazole rings is 1. The summed E-state index contributed by atoms with van der Waals surface area (Å²) in [6.45, 7) is 5.90. The summed E-state index contributed by atoms with van der Waals surface area (Å²) in [7, 11) is 1.31. The normalized spacial score (nSPS) is 8.62. The molecule has 0 atom stereocenters. The second-order valence-electron chi connectivity index (χ2n) is 1.97. The molecule has 0 aliphatic carbocycles. The van der Waals surface area contributed by atoms with E-state index in [2.05, 4.69) is 9.72 Å². The number of aryl methyl sites for hydroxylation is 1. The van der Waals surface area contributed by atoms with Crippen molar-refractivity contribution in [3.8, 4) is 0 Å². The van der Waals surface area contributed by atoms with E-state index in [4.69, 9.17) is 4.42 Å². The molecule has 0 unspecified atom stereocenters. The topological polar surface area (TPSA) is 52.3 Å². The van der Waals surface area contributed by atoms with Gasteiger partial charge in [-0.15, -0.1) is 0 Å². The van der Waals surface area contributed by atoms with Crippen molar-refractivity contribution in [2.45, 2.75) is 27.2 Å². The first kappa shape index (κ1) is 11.7. The Labute approximate surface area is 77.9 Å². The number of methoxy groups -OCH3 is 1. The molecule has 0 saturated heterocycles. The first-order valence-electron chi connectivity index (χ1n) is 4.30. The van der Waals surface area contributed by atoms with Crippen molar-refractivity contribution in [3.63, 3.8) is 0 Å². The Kier molecular flexibility index (Phi) is 5.59. The van der Waals surface area contributed by atoms with Crippen LogP contribution in [0.1, 0.15) is 37.2 Å². The molecule has 0 amide bonds. The zero-order valence-electron chi connectivity index (χ0n) is 8.46. The lowest BCUT2D eigenvalue weighted by molar-refractivity contribution is 0.0594.